The van der Waals surface area contributed by atoms with Crippen molar-refractivity contribution in [3.05, 3.63) is 24.3 Å². The molecule has 0 saturated carbocycles. The molecule has 0 fully saturated rings. The normalized spacial score (nSPS) is 11.6. The molecule has 0 aliphatic carbocycles. The van der Waals surface area contributed by atoms with Gasteiger partial charge in [0, 0.05) is 20.0 Å². The highest BCUT2D eigenvalue weighted by Crippen LogP contribution is 2.28. The standard InChI is InChI=1S/C12H15F2NO4S/c1-15(8-4-7-11(16)17)9-5-2-3-6-10(9)20(18,19)12(13)14/h2-3,5-6,12H,4,7-8H2,1H3,(H,16,17). The first kappa shape index (κ1) is 16.4. The number of nitrogens with zero attached hydrogens (tertiary/aromatic N) is 1. The van der Waals surface area contributed by atoms with Gasteiger partial charge in [0.1, 0.15) is 0 Å². The van der Waals surface area contributed by atoms with Crippen LogP contribution in [-0.4, -0.2) is 38.8 Å². The van der Waals surface area contributed by atoms with E-state index >= 15 is 0 Å². The zero-order chi connectivity index (χ0) is 15.3. The van der Waals surface area contributed by atoms with Gasteiger partial charge in [0.2, 0.25) is 9.84 Å². The van der Waals surface area contributed by atoms with Crippen LogP contribution in [0.25, 0.3) is 0 Å². The van der Waals surface area contributed by atoms with E-state index in [-0.39, 0.29) is 25.1 Å². The van der Waals surface area contributed by atoms with Gasteiger partial charge in [-0.3, -0.25) is 4.79 Å². The molecule has 0 aliphatic heterocycles. The smallest absolute Gasteiger partial charge is 0.341 e. The number of rotatable bonds is 7. The van der Waals surface area contributed by atoms with Crippen LogP contribution in [0.3, 0.4) is 0 Å². The number of aliphatic carboxylic acids is 1. The molecule has 1 aromatic rings. The van der Waals surface area contributed by atoms with E-state index in [2.05, 4.69) is 0 Å². The first-order chi connectivity index (χ1) is 9.26. The van der Waals surface area contributed by atoms with Crippen LogP contribution in [0.15, 0.2) is 29.2 Å². The Morgan fingerprint density at radius 1 is 1.35 bits per heavy atom. The molecule has 1 N–H and O–H groups in total. The zero-order valence-corrected chi connectivity index (χ0v) is 11.6. The second-order valence-electron chi connectivity index (χ2n) is 4.19. The van der Waals surface area contributed by atoms with Gasteiger partial charge in [0.15, 0.2) is 0 Å². The molecule has 8 heteroatoms. The van der Waals surface area contributed by atoms with Crippen molar-refractivity contribution in [3.8, 4) is 0 Å². The summed E-state index contributed by atoms with van der Waals surface area (Å²) in [4.78, 5) is 11.4. The van der Waals surface area contributed by atoms with Gasteiger partial charge in [-0.2, -0.15) is 8.78 Å². The van der Waals surface area contributed by atoms with Gasteiger partial charge in [0.25, 0.3) is 0 Å². The topological polar surface area (TPSA) is 74.7 Å². The highest BCUT2D eigenvalue weighted by atomic mass is 32.2. The van der Waals surface area contributed by atoms with E-state index in [0.29, 0.717) is 0 Å². The van der Waals surface area contributed by atoms with E-state index in [0.717, 1.165) is 6.07 Å². The lowest BCUT2D eigenvalue weighted by atomic mass is 10.2. The molecule has 0 unspecified atom stereocenters. The minimum Gasteiger partial charge on any atom is -0.481 e. The Kier molecular flexibility index (Phi) is 5.43. The zero-order valence-electron chi connectivity index (χ0n) is 10.8. The van der Waals surface area contributed by atoms with Gasteiger partial charge in [0.05, 0.1) is 10.6 Å². The summed E-state index contributed by atoms with van der Waals surface area (Å²) >= 11 is 0. The van der Waals surface area contributed by atoms with Crippen LogP contribution >= 0.6 is 0 Å². The van der Waals surface area contributed by atoms with E-state index in [1.807, 2.05) is 0 Å². The van der Waals surface area contributed by atoms with Crippen molar-refractivity contribution in [2.45, 2.75) is 23.5 Å². The third-order valence-electron chi connectivity index (χ3n) is 2.70. The highest BCUT2D eigenvalue weighted by Gasteiger charge is 2.29. The molecule has 0 aliphatic rings. The monoisotopic (exact) mass is 307 g/mol. The number of carboxylic acids is 1. The number of anilines is 1. The molecule has 0 amide bonds. The number of carboxylic acid groups (broad SMARTS) is 1. The first-order valence-corrected chi connectivity index (χ1v) is 7.35. The number of hydrogen-bond donors (Lipinski definition) is 1. The molecule has 0 saturated heterocycles. The Labute approximate surface area is 115 Å². The van der Waals surface area contributed by atoms with Gasteiger partial charge in [-0.1, -0.05) is 12.1 Å². The summed E-state index contributed by atoms with van der Waals surface area (Å²) in [6.07, 6.45) is 0.211. The molecule has 0 atom stereocenters. The van der Waals surface area contributed by atoms with Gasteiger partial charge >= 0.3 is 11.7 Å². The van der Waals surface area contributed by atoms with Crippen molar-refractivity contribution >= 4 is 21.5 Å². The number of sulfone groups is 1. The van der Waals surface area contributed by atoms with E-state index in [4.69, 9.17) is 5.11 Å². The summed E-state index contributed by atoms with van der Waals surface area (Å²) < 4.78 is 48.4. The second kappa shape index (κ2) is 6.65. The molecule has 5 nitrogen and oxygen atoms in total. The fraction of sp³-hybridized carbons (Fsp3) is 0.417. The Hall–Kier alpha value is -1.70. The third kappa shape index (κ3) is 3.89. The van der Waals surface area contributed by atoms with Crippen LogP contribution in [0.4, 0.5) is 14.5 Å². The average Bonchev–Trinajstić information content (AvgIpc) is 2.38. The average molecular weight is 307 g/mol. The molecular formula is C12H15F2NO4S. The van der Waals surface area contributed by atoms with Crippen molar-refractivity contribution in [1.82, 2.24) is 0 Å². The summed E-state index contributed by atoms with van der Waals surface area (Å²) in [5, 5.41) is 8.54. The number of halogens is 2. The number of carbonyl (C=O) groups is 1. The summed E-state index contributed by atoms with van der Waals surface area (Å²) in [5.74, 6) is -4.46. The Morgan fingerprint density at radius 2 is 1.95 bits per heavy atom. The summed E-state index contributed by atoms with van der Waals surface area (Å²) in [6.45, 7) is 0.252. The SMILES string of the molecule is CN(CCCC(=O)O)c1ccccc1S(=O)(=O)C(F)F. The van der Waals surface area contributed by atoms with Crippen molar-refractivity contribution < 1.29 is 27.1 Å². The quantitative estimate of drug-likeness (QED) is 0.834. The Morgan fingerprint density at radius 3 is 2.50 bits per heavy atom. The fourth-order valence-electron chi connectivity index (χ4n) is 1.70. The van der Waals surface area contributed by atoms with Crippen molar-refractivity contribution in [2.75, 3.05) is 18.5 Å². The van der Waals surface area contributed by atoms with Crippen molar-refractivity contribution in [3.63, 3.8) is 0 Å². The first-order valence-electron chi connectivity index (χ1n) is 5.81. The Bertz CT molecular complexity index is 575. The van der Waals surface area contributed by atoms with Gasteiger partial charge in [-0.25, -0.2) is 8.42 Å². The molecule has 0 heterocycles. The van der Waals surface area contributed by atoms with Crippen LogP contribution < -0.4 is 4.90 Å². The van der Waals surface area contributed by atoms with Crippen molar-refractivity contribution in [1.29, 1.82) is 0 Å². The Balaban J connectivity index is 2.99. The maximum absolute atomic E-state index is 12.6. The van der Waals surface area contributed by atoms with Crippen LogP contribution in [0.5, 0.6) is 0 Å². The van der Waals surface area contributed by atoms with Crippen LogP contribution in [-0.2, 0) is 14.6 Å². The molecule has 20 heavy (non-hydrogen) atoms. The minimum atomic E-state index is -4.69. The van der Waals surface area contributed by atoms with Gasteiger partial charge < -0.3 is 10.0 Å². The number of para-hydroxylation sites is 1. The third-order valence-corrected chi connectivity index (χ3v) is 4.13. The van der Waals surface area contributed by atoms with Gasteiger partial charge in [-0.15, -0.1) is 0 Å². The molecular weight excluding hydrogens is 292 g/mol. The lowest BCUT2D eigenvalue weighted by Crippen LogP contribution is -2.23. The second-order valence-corrected chi connectivity index (χ2v) is 6.08. The lowest BCUT2D eigenvalue weighted by molar-refractivity contribution is -0.137. The lowest BCUT2D eigenvalue weighted by Gasteiger charge is -2.21. The molecule has 0 aromatic heterocycles. The van der Waals surface area contributed by atoms with Crippen LogP contribution in [0.2, 0.25) is 0 Å². The van der Waals surface area contributed by atoms with Crippen molar-refractivity contribution in [2.24, 2.45) is 0 Å². The van der Waals surface area contributed by atoms with E-state index < -0.39 is 26.5 Å². The van der Waals surface area contributed by atoms with Gasteiger partial charge in [-0.05, 0) is 18.6 Å². The molecule has 1 rings (SSSR count). The number of alkyl halides is 2. The van der Waals surface area contributed by atoms with Crippen LogP contribution in [0, 0.1) is 0 Å². The molecule has 0 spiro atoms. The van der Waals surface area contributed by atoms with Crippen LogP contribution in [0.1, 0.15) is 12.8 Å². The number of benzene rings is 1. The summed E-state index contributed by atoms with van der Waals surface area (Å²) in [6, 6.07) is 5.43. The molecule has 0 bridgehead atoms. The highest BCUT2D eigenvalue weighted by molar-refractivity contribution is 7.91. The maximum Gasteiger partial charge on any atom is 0.341 e. The summed E-state index contributed by atoms with van der Waals surface area (Å²) in [7, 11) is -3.16. The number of hydrogen-bond acceptors (Lipinski definition) is 4. The van der Waals surface area contributed by atoms with E-state index in [1.165, 1.54) is 30.1 Å². The molecule has 0 radical (unpaired) electrons. The predicted molar refractivity (Wildman–Crippen MR) is 69.8 cm³/mol. The van der Waals surface area contributed by atoms with E-state index in [9.17, 15) is 22.0 Å². The molecule has 112 valence electrons. The predicted octanol–water partition coefficient (Wildman–Crippen LogP) is 1.98. The van der Waals surface area contributed by atoms with E-state index in [1.54, 1.807) is 0 Å². The molecule has 1 aromatic carbocycles. The largest absolute Gasteiger partial charge is 0.481 e. The summed E-state index contributed by atoms with van der Waals surface area (Å²) in [5.41, 5.74) is 0.137. The fourth-order valence-corrected chi connectivity index (χ4v) is 2.67. The maximum atomic E-state index is 12.6. The minimum absolute atomic E-state index is 0.0753.